The van der Waals surface area contributed by atoms with Crippen LogP contribution in [0.3, 0.4) is 0 Å². The van der Waals surface area contributed by atoms with E-state index in [0.717, 1.165) is 37.6 Å². The average Bonchev–Trinajstić information content (AvgIpc) is 2.58. The quantitative estimate of drug-likeness (QED) is 0.911. The summed E-state index contributed by atoms with van der Waals surface area (Å²) in [6, 6.07) is 4.58. The summed E-state index contributed by atoms with van der Waals surface area (Å²) in [4.78, 5) is 15.5. The van der Waals surface area contributed by atoms with Gasteiger partial charge in [0.15, 0.2) is 5.82 Å². The van der Waals surface area contributed by atoms with Crippen LogP contribution in [0.4, 0.5) is 11.6 Å². The Morgan fingerprint density at radius 2 is 1.88 bits per heavy atom. The lowest BCUT2D eigenvalue weighted by Gasteiger charge is -2.33. The Labute approximate surface area is 143 Å². The second-order valence-electron chi connectivity index (χ2n) is 6.48. The summed E-state index contributed by atoms with van der Waals surface area (Å²) >= 11 is 0. The molecule has 6 nitrogen and oxygen atoms in total. The number of piperidine rings is 1. The summed E-state index contributed by atoms with van der Waals surface area (Å²) in [6.07, 6.45) is 7.43. The molecule has 3 heterocycles. The van der Waals surface area contributed by atoms with Crippen molar-refractivity contribution in [2.45, 2.75) is 45.8 Å². The summed E-state index contributed by atoms with van der Waals surface area (Å²) < 4.78 is 5.73. The first-order chi connectivity index (χ1) is 11.6. The fourth-order valence-corrected chi connectivity index (χ4v) is 2.83. The van der Waals surface area contributed by atoms with Gasteiger partial charge in [-0.25, -0.2) is 15.0 Å². The third-order valence-corrected chi connectivity index (χ3v) is 4.07. The topological polar surface area (TPSA) is 63.2 Å². The SMILES string of the molecule is Cc1ccc(N2CCC(Nc3nccnc3OC(C)C)CC2)nc1. The fourth-order valence-electron chi connectivity index (χ4n) is 2.83. The standard InChI is InChI=1S/C18H25N5O/c1-13(2)24-18-17(19-8-9-20-18)22-15-6-10-23(11-7-15)16-5-4-14(3)12-21-16/h4-5,8-9,12-13,15H,6-7,10-11H2,1-3H3,(H,19,22). The summed E-state index contributed by atoms with van der Waals surface area (Å²) in [5.41, 5.74) is 1.19. The second-order valence-corrected chi connectivity index (χ2v) is 6.48. The van der Waals surface area contributed by atoms with E-state index in [1.165, 1.54) is 5.56 Å². The van der Waals surface area contributed by atoms with E-state index in [2.05, 4.69) is 44.2 Å². The predicted octanol–water partition coefficient (Wildman–Crippen LogP) is 3.05. The second kappa shape index (κ2) is 7.47. The number of pyridine rings is 1. The van der Waals surface area contributed by atoms with E-state index in [-0.39, 0.29) is 6.10 Å². The van der Waals surface area contributed by atoms with Crippen LogP contribution in [-0.4, -0.2) is 40.2 Å². The van der Waals surface area contributed by atoms with E-state index in [1.807, 2.05) is 20.0 Å². The number of aryl methyl sites for hydroxylation is 1. The minimum absolute atomic E-state index is 0.0803. The molecule has 0 atom stereocenters. The van der Waals surface area contributed by atoms with Gasteiger partial charge in [-0.3, -0.25) is 0 Å². The van der Waals surface area contributed by atoms with Gasteiger partial charge in [-0.1, -0.05) is 6.07 Å². The van der Waals surface area contributed by atoms with Crippen molar-refractivity contribution in [3.63, 3.8) is 0 Å². The molecule has 1 aliphatic rings. The van der Waals surface area contributed by atoms with Gasteiger partial charge in [-0.2, -0.15) is 0 Å². The average molecular weight is 327 g/mol. The maximum Gasteiger partial charge on any atom is 0.257 e. The van der Waals surface area contributed by atoms with E-state index >= 15 is 0 Å². The molecule has 128 valence electrons. The van der Waals surface area contributed by atoms with Crippen molar-refractivity contribution in [3.05, 3.63) is 36.3 Å². The largest absolute Gasteiger partial charge is 0.472 e. The highest BCUT2D eigenvalue weighted by atomic mass is 16.5. The summed E-state index contributed by atoms with van der Waals surface area (Å²) in [7, 11) is 0. The maximum atomic E-state index is 5.73. The Kier molecular flexibility index (Phi) is 5.13. The molecule has 0 spiro atoms. The van der Waals surface area contributed by atoms with Gasteiger partial charge in [0.05, 0.1) is 6.10 Å². The number of hydrogen-bond donors (Lipinski definition) is 1. The van der Waals surface area contributed by atoms with Gasteiger partial charge in [0.25, 0.3) is 5.88 Å². The fraction of sp³-hybridized carbons (Fsp3) is 0.500. The molecule has 1 aliphatic heterocycles. The molecule has 6 heteroatoms. The number of anilines is 2. The number of nitrogens with one attached hydrogen (secondary N) is 1. The Hall–Kier alpha value is -2.37. The summed E-state index contributed by atoms with van der Waals surface area (Å²) in [5, 5.41) is 3.49. The van der Waals surface area contributed by atoms with Crippen LogP contribution in [0, 0.1) is 6.92 Å². The predicted molar refractivity (Wildman–Crippen MR) is 95.6 cm³/mol. The molecule has 1 N–H and O–H groups in total. The minimum Gasteiger partial charge on any atom is -0.472 e. The highest BCUT2D eigenvalue weighted by molar-refractivity contribution is 5.46. The van der Waals surface area contributed by atoms with Gasteiger partial charge >= 0.3 is 0 Å². The van der Waals surface area contributed by atoms with Crippen LogP contribution < -0.4 is 15.0 Å². The number of nitrogens with zero attached hydrogens (tertiary/aromatic N) is 4. The lowest BCUT2D eigenvalue weighted by Crippen LogP contribution is -2.39. The van der Waals surface area contributed by atoms with Crippen molar-refractivity contribution in [1.82, 2.24) is 15.0 Å². The molecule has 0 aromatic carbocycles. The monoisotopic (exact) mass is 327 g/mol. The van der Waals surface area contributed by atoms with Crippen LogP contribution in [0.2, 0.25) is 0 Å². The van der Waals surface area contributed by atoms with Crippen molar-refractivity contribution < 1.29 is 4.74 Å². The summed E-state index contributed by atoms with van der Waals surface area (Å²) in [6.45, 7) is 8.00. The molecule has 1 saturated heterocycles. The van der Waals surface area contributed by atoms with Gasteiger partial charge in [0.2, 0.25) is 0 Å². The molecule has 24 heavy (non-hydrogen) atoms. The Bertz CT molecular complexity index is 651. The summed E-state index contributed by atoms with van der Waals surface area (Å²) in [5.74, 6) is 2.37. The van der Waals surface area contributed by atoms with Crippen molar-refractivity contribution >= 4 is 11.6 Å². The molecule has 0 aliphatic carbocycles. The number of ether oxygens (including phenoxy) is 1. The van der Waals surface area contributed by atoms with Crippen molar-refractivity contribution in [2.75, 3.05) is 23.3 Å². The van der Waals surface area contributed by atoms with Crippen LogP contribution in [0.1, 0.15) is 32.3 Å². The van der Waals surface area contributed by atoms with Gasteiger partial charge in [-0.15, -0.1) is 0 Å². The minimum atomic E-state index is 0.0803. The molecule has 0 saturated carbocycles. The van der Waals surface area contributed by atoms with Crippen molar-refractivity contribution in [3.8, 4) is 5.88 Å². The van der Waals surface area contributed by atoms with Crippen LogP contribution in [0.25, 0.3) is 0 Å². The van der Waals surface area contributed by atoms with Crippen molar-refractivity contribution in [1.29, 1.82) is 0 Å². The smallest absolute Gasteiger partial charge is 0.257 e. The third kappa shape index (κ3) is 4.13. The molecule has 0 radical (unpaired) electrons. The van der Waals surface area contributed by atoms with Gasteiger partial charge in [0.1, 0.15) is 5.82 Å². The zero-order valence-electron chi connectivity index (χ0n) is 14.6. The number of aromatic nitrogens is 3. The van der Waals surface area contributed by atoms with Crippen molar-refractivity contribution in [2.24, 2.45) is 0 Å². The van der Waals surface area contributed by atoms with E-state index < -0.39 is 0 Å². The molecule has 2 aromatic heterocycles. The van der Waals surface area contributed by atoms with E-state index in [1.54, 1.807) is 12.4 Å². The maximum absolute atomic E-state index is 5.73. The Morgan fingerprint density at radius 1 is 1.12 bits per heavy atom. The van der Waals surface area contributed by atoms with Gasteiger partial charge in [0, 0.05) is 37.7 Å². The molecule has 2 aromatic rings. The molecule has 0 unspecified atom stereocenters. The molecular formula is C18H25N5O. The van der Waals surface area contributed by atoms with Crippen LogP contribution in [0.5, 0.6) is 5.88 Å². The Morgan fingerprint density at radius 3 is 2.54 bits per heavy atom. The first kappa shape index (κ1) is 16.5. The van der Waals surface area contributed by atoms with Crippen LogP contribution in [-0.2, 0) is 0 Å². The lowest BCUT2D eigenvalue weighted by atomic mass is 10.0. The molecule has 0 bridgehead atoms. The molecule has 1 fully saturated rings. The van der Waals surface area contributed by atoms with E-state index in [4.69, 9.17) is 4.74 Å². The van der Waals surface area contributed by atoms with Crippen LogP contribution >= 0.6 is 0 Å². The zero-order valence-corrected chi connectivity index (χ0v) is 14.6. The highest BCUT2D eigenvalue weighted by Gasteiger charge is 2.21. The number of rotatable bonds is 5. The number of hydrogen-bond acceptors (Lipinski definition) is 6. The van der Waals surface area contributed by atoms with Gasteiger partial charge in [-0.05, 0) is 45.2 Å². The van der Waals surface area contributed by atoms with Gasteiger partial charge < -0.3 is 15.0 Å². The first-order valence-corrected chi connectivity index (χ1v) is 8.53. The van der Waals surface area contributed by atoms with E-state index in [0.29, 0.717) is 11.9 Å². The Balaban J connectivity index is 1.59. The third-order valence-electron chi connectivity index (χ3n) is 4.07. The highest BCUT2D eigenvalue weighted by Crippen LogP contribution is 2.24. The molecule has 0 amide bonds. The van der Waals surface area contributed by atoms with Crippen LogP contribution in [0.15, 0.2) is 30.7 Å². The molecule has 3 rings (SSSR count). The lowest BCUT2D eigenvalue weighted by molar-refractivity contribution is 0.233. The first-order valence-electron chi connectivity index (χ1n) is 8.53. The zero-order chi connectivity index (χ0) is 16.9. The van der Waals surface area contributed by atoms with E-state index in [9.17, 15) is 0 Å². The normalized spacial score (nSPS) is 15.6. The molecular weight excluding hydrogens is 302 g/mol.